The van der Waals surface area contributed by atoms with Crippen LogP contribution in [0.2, 0.25) is 0 Å². The molecule has 134 valence electrons. The van der Waals surface area contributed by atoms with Crippen molar-refractivity contribution in [2.75, 3.05) is 20.8 Å². The van der Waals surface area contributed by atoms with E-state index in [0.29, 0.717) is 23.3 Å². The summed E-state index contributed by atoms with van der Waals surface area (Å²) in [6, 6.07) is 14.0. The van der Waals surface area contributed by atoms with Gasteiger partial charge >= 0.3 is 5.97 Å². The first-order valence-electron chi connectivity index (χ1n) is 8.21. The number of imide groups is 1. The number of hydrogen-bond donors (Lipinski definition) is 0. The number of para-hydroxylation sites is 1. The Morgan fingerprint density at radius 2 is 1.54 bits per heavy atom. The molecule has 0 radical (unpaired) electrons. The van der Waals surface area contributed by atoms with Crippen molar-refractivity contribution in [1.29, 1.82) is 0 Å². The highest BCUT2D eigenvalue weighted by Gasteiger charge is 2.38. The van der Waals surface area contributed by atoms with E-state index in [2.05, 4.69) is 0 Å². The topological polar surface area (TPSA) is 72.9 Å². The quantitative estimate of drug-likeness (QED) is 0.589. The molecule has 0 fully saturated rings. The van der Waals surface area contributed by atoms with Crippen molar-refractivity contribution in [2.45, 2.75) is 6.42 Å². The molecule has 0 aromatic heterocycles. The second-order valence-corrected chi connectivity index (χ2v) is 6.00. The molecule has 1 heterocycles. The molecule has 2 amide bonds. The largest absolute Gasteiger partial charge is 0.496 e. The van der Waals surface area contributed by atoms with E-state index in [1.807, 2.05) is 18.2 Å². The molecule has 0 N–H and O–H groups in total. The summed E-state index contributed by atoms with van der Waals surface area (Å²) in [4.78, 5) is 38.5. The van der Waals surface area contributed by atoms with Gasteiger partial charge in [0.2, 0.25) is 0 Å². The average molecular weight is 353 g/mol. The van der Waals surface area contributed by atoms with Crippen LogP contribution in [0.25, 0.3) is 0 Å². The van der Waals surface area contributed by atoms with E-state index in [1.54, 1.807) is 37.4 Å². The summed E-state index contributed by atoms with van der Waals surface area (Å²) >= 11 is 0. The molecule has 6 nitrogen and oxygen atoms in total. The van der Waals surface area contributed by atoms with Gasteiger partial charge < -0.3 is 9.47 Å². The molecule has 26 heavy (non-hydrogen) atoms. The molecule has 0 saturated carbocycles. The lowest BCUT2D eigenvalue weighted by molar-refractivity contribution is -0.145. The Hall–Kier alpha value is -3.15. The SMILES string of the molecule is COC(=O)C(Cc1ccccc1OC)CN1C(=O)c2ccccc2C1=O. The molecule has 0 bridgehead atoms. The second kappa shape index (κ2) is 7.39. The maximum atomic E-state index is 12.6. The smallest absolute Gasteiger partial charge is 0.310 e. The third-order valence-electron chi connectivity index (χ3n) is 4.47. The standard InChI is InChI=1S/C20H19NO5/c1-25-17-10-6-3-7-13(17)11-14(20(24)26-2)12-21-18(22)15-8-4-5-9-16(15)19(21)23/h3-10,14H,11-12H2,1-2H3. The molecule has 2 aromatic carbocycles. The highest BCUT2D eigenvalue weighted by atomic mass is 16.5. The lowest BCUT2D eigenvalue weighted by Crippen LogP contribution is -2.38. The highest BCUT2D eigenvalue weighted by Crippen LogP contribution is 2.26. The van der Waals surface area contributed by atoms with Crippen molar-refractivity contribution >= 4 is 17.8 Å². The van der Waals surface area contributed by atoms with Crippen molar-refractivity contribution in [3.8, 4) is 5.75 Å². The van der Waals surface area contributed by atoms with E-state index < -0.39 is 11.9 Å². The maximum absolute atomic E-state index is 12.6. The second-order valence-electron chi connectivity index (χ2n) is 6.00. The Bertz CT molecular complexity index is 826. The van der Waals surface area contributed by atoms with Gasteiger partial charge in [0.25, 0.3) is 11.8 Å². The lowest BCUT2D eigenvalue weighted by atomic mass is 9.98. The molecule has 3 rings (SSSR count). The van der Waals surface area contributed by atoms with Crippen LogP contribution in [0.15, 0.2) is 48.5 Å². The van der Waals surface area contributed by atoms with Crippen LogP contribution in [0.1, 0.15) is 26.3 Å². The zero-order valence-electron chi connectivity index (χ0n) is 14.6. The minimum atomic E-state index is -0.682. The van der Waals surface area contributed by atoms with Crippen LogP contribution in [0.3, 0.4) is 0 Å². The van der Waals surface area contributed by atoms with Crippen molar-refractivity contribution in [1.82, 2.24) is 4.90 Å². The van der Waals surface area contributed by atoms with Gasteiger partial charge in [0.1, 0.15) is 5.75 Å². The molecule has 6 heteroatoms. The first-order valence-corrected chi connectivity index (χ1v) is 8.21. The number of fused-ring (bicyclic) bond motifs is 1. The van der Waals surface area contributed by atoms with Crippen molar-refractivity contribution in [2.24, 2.45) is 5.92 Å². The number of carbonyl (C=O) groups excluding carboxylic acids is 3. The summed E-state index contributed by atoms with van der Waals surface area (Å²) in [6.45, 7) is -0.0446. The summed E-state index contributed by atoms with van der Waals surface area (Å²) in [7, 11) is 2.84. The normalized spacial score (nSPS) is 14.2. The van der Waals surface area contributed by atoms with Crippen LogP contribution in [-0.4, -0.2) is 43.4 Å². The predicted molar refractivity (Wildman–Crippen MR) is 94.0 cm³/mol. The van der Waals surface area contributed by atoms with Crippen molar-refractivity contribution in [3.05, 3.63) is 65.2 Å². The summed E-state index contributed by atoms with van der Waals surface area (Å²) in [5, 5.41) is 0. The third kappa shape index (κ3) is 3.18. The van der Waals surface area contributed by atoms with Gasteiger partial charge in [-0.2, -0.15) is 0 Å². The summed E-state index contributed by atoms with van der Waals surface area (Å²) in [5.41, 5.74) is 1.53. The van der Waals surface area contributed by atoms with Gasteiger partial charge in [-0.25, -0.2) is 0 Å². The fourth-order valence-corrected chi connectivity index (χ4v) is 3.15. The first kappa shape index (κ1) is 17.7. The van der Waals surface area contributed by atoms with Gasteiger partial charge in [-0.05, 0) is 30.2 Å². The summed E-state index contributed by atoms with van der Waals surface area (Å²) in [5.74, 6) is -1.30. The minimum absolute atomic E-state index is 0.0446. The Morgan fingerprint density at radius 3 is 2.12 bits per heavy atom. The van der Waals surface area contributed by atoms with Gasteiger partial charge in [0, 0.05) is 6.54 Å². The number of hydrogen-bond acceptors (Lipinski definition) is 5. The Kier molecular flexibility index (Phi) is 5.02. The molecule has 0 aliphatic carbocycles. The number of esters is 1. The zero-order chi connectivity index (χ0) is 18.7. The summed E-state index contributed by atoms with van der Waals surface area (Å²) in [6.07, 6.45) is 0.296. The van der Waals surface area contributed by atoms with Crippen molar-refractivity contribution < 1.29 is 23.9 Å². The Labute approximate surface area is 151 Å². The third-order valence-corrected chi connectivity index (χ3v) is 4.47. The van der Waals surface area contributed by atoms with Crippen LogP contribution in [-0.2, 0) is 16.0 Å². The summed E-state index contributed by atoms with van der Waals surface area (Å²) < 4.78 is 10.2. The van der Waals surface area contributed by atoms with Crippen LogP contribution in [0.4, 0.5) is 0 Å². The van der Waals surface area contributed by atoms with Crippen LogP contribution in [0, 0.1) is 5.92 Å². The average Bonchev–Trinajstić information content (AvgIpc) is 2.92. The van der Waals surface area contributed by atoms with Gasteiger partial charge in [0.15, 0.2) is 0 Å². The van der Waals surface area contributed by atoms with E-state index >= 15 is 0 Å². The van der Waals surface area contributed by atoms with E-state index in [9.17, 15) is 14.4 Å². The fourth-order valence-electron chi connectivity index (χ4n) is 3.15. The minimum Gasteiger partial charge on any atom is -0.496 e. The maximum Gasteiger partial charge on any atom is 0.310 e. The molecule has 0 spiro atoms. The van der Waals surface area contributed by atoms with Crippen LogP contribution < -0.4 is 4.74 Å². The van der Waals surface area contributed by atoms with Gasteiger partial charge in [-0.1, -0.05) is 30.3 Å². The zero-order valence-corrected chi connectivity index (χ0v) is 14.6. The van der Waals surface area contributed by atoms with E-state index in [-0.39, 0.29) is 18.4 Å². The fraction of sp³-hybridized carbons (Fsp3) is 0.250. The van der Waals surface area contributed by atoms with Gasteiger partial charge in [-0.3, -0.25) is 19.3 Å². The van der Waals surface area contributed by atoms with E-state index in [4.69, 9.17) is 9.47 Å². The highest BCUT2D eigenvalue weighted by molar-refractivity contribution is 6.21. The number of ether oxygens (including phenoxy) is 2. The Morgan fingerprint density at radius 1 is 0.962 bits per heavy atom. The molecule has 0 saturated heterocycles. The van der Waals surface area contributed by atoms with Crippen LogP contribution in [0.5, 0.6) is 5.75 Å². The molecular weight excluding hydrogens is 334 g/mol. The first-order chi connectivity index (χ1) is 12.6. The van der Waals surface area contributed by atoms with E-state index in [0.717, 1.165) is 10.5 Å². The van der Waals surface area contributed by atoms with Crippen molar-refractivity contribution in [3.63, 3.8) is 0 Å². The molecule has 2 aromatic rings. The molecule has 1 atom stereocenters. The monoisotopic (exact) mass is 353 g/mol. The predicted octanol–water partition coefficient (Wildman–Crippen LogP) is 2.32. The lowest BCUT2D eigenvalue weighted by Gasteiger charge is -2.21. The van der Waals surface area contributed by atoms with E-state index in [1.165, 1.54) is 7.11 Å². The van der Waals surface area contributed by atoms with Crippen LogP contribution >= 0.6 is 0 Å². The molecule has 1 aliphatic heterocycles. The number of amides is 2. The number of nitrogens with zero attached hydrogens (tertiary/aromatic N) is 1. The number of benzene rings is 2. The molecule has 1 unspecified atom stereocenters. The number of carbonyl (C=O) groups is 3. The molecular formula is C20H19NO5. The van der Waals surface area contributed by atoms with Gasteiger partial charge in [-0.15, -0.1) is 0 Å². The Balaban J connectivity index is 1.85. The van der Waals surface area contributed by atoms with Gasteiger partial charge in [0.05, 0.1) is 31.3 Å². The molecule has 1 aliphatic rings. The number of methoxy groups -OCH3 is 2. The number of rotatable bonds is 6.